The molecular formula is C15H18N. The Morgan fingerprint density at radius 3 is 2.56 bits per heavy atom. The minimum atomic E-state index is 0.331. The molecule has 0 saturated heterocycles. The summed E-state index contributed by atoms with van der Waals surface area (Å²) in [6, 6.07) is 8.45. The van der Waals surface area contributed by atoms with Gasteiger partial charge in [-0.25, -0.2) is 0 Å². The Morgan fingerprint density at radius 1 is 1.06 bits per heavy atom. The summed E-state index contributed by atoms with van der Waals surface area (Å²) in [5.74, 6) is 0. The monoisotopic (exact) mass is 212 g/mol. The second kappa shape index (κ2) is 3.65. The van der Waals surface area contributed by atoms with Gasteiger partial charge in [0.25, 0.3) is 0 Å². The first-order valence-corrected chi connectivity index (χ1v) is 6.31. The van der Waals surface area contributed by atoms with E-state index in [0.717, 1.165) is 5.69 Å². The van der Waals surface area contributed by atoms with E-state index in [1.54, 1.807) is 0 Å². The Morgan fingerprint density at radius 2 is 1.81 bits per heavy atom. The first-order valence-electron chi connectivity index (χ1n) is 6.31. The maximum absolute atomic E-state index is 4.81. The van der Waals surface area contributed by atoms with Crippen molar-refractivity contribution in [2.75, 3.05) is 0 Å². The molecule has 83 valence electrons. The van der Waals surface area contributed by atoms with E-state index in [2.05, 4.69) is 37.3 Å². The zero-order valence-electron chi connectivity index (χ0n) is 9.87. The predicted octanol–water partition coefficient (Wildman–Crippen LogP) is 4.25. The molecule has 0 unspecified atom stereocenters. The topological polar surface area (TPSA) is 14.1 Å². The van der Waals surface area contributed by atoms with Crippen LogP contribution in [0, 0.1) is 5.41 Å². The number of para-hydroxylation sites is 1. The lowest BCUT2D eigenvalue weighted by atomic mass is 9.73. The van der Waals surface area contributed by atoms with Crippen LogP contribution < -0.4 is 5.32 Å². The molecule has 0 atom stereocenters. The summed E-state index contributed by atoms with van der Waals surface area (Å²) in [7, 11) is 0. The zero-order valence-corrected chi connectivity index (χ0v) is 9.87. The Balaban J connectivity index is 1.89. The third-order valence-electron chi connectivity index (χ3n) is 4.05. The van der Waals surface area contributed by atoms with Crippen molar-refractivity contribution in [3.05, 3.63) is 35.5 Å². The van der Waals surface area contributed by atoms with Gasteiger partial charge < -0.3 is 0 Å². The first-order chi connectivity index (χ1) is 7.78. The molecule has 1 aliphatic heterocycles. The molecule has 0 bridgehead atoms. The first kappa shape index (κ1) is 9.95. The van der Waals surface area contributed by atoms with Crippen molar-refractivity contribution in [3.63, 3.8) is 0 Å². The highest BCUT2D eigenvalue weighted by molar-refractivity contribution is 5.72. The number of hydrogen-bond donors (Lipinski definition) is 0. The molecule has 1 nitrogen and oxygen atoms in total. The maximum Gasteiger partial charge on any atom is 0.0706 e. The Labute approximate surface area is 97.6 Å². The van der Waals surface area contributed by atoms with Gasteiger partial charge in [-0.2, -0.15) is 0 Å². The van der Waals surface area contributed by atoms with Gasteiger partial charge in [0, 0.05) is 16.7 Å². The molecule has 1 heterocycles. The van der Waals surface area contributed by atoms with E-state index in [-0.39, 0.29) is 0 Å². The maximum atomic E-state index is 4.81. The van der Waals surface area contributed by atoms with Crippen molar-refractivity contribution in [2.45, 2.75) is 39.0 Å². The molecule has 1 aliphatic carbocycles. The van der Waals surface area contributed by atoms with Crippen molar-refractivity contribution in [1.82, 2.24) is 5.32 Å². The molecule has 1 heteroatoms. The van der Waals surface area contributed by atoms with Crippen molar-refractivity contribution in [2.24, 2.45) is 5.41 Å². The number of fused-ring (bicyclic) bond motifs is 1. The van der Waals surface area contributed by atoms with E-state index in [9.17, 15) is 0 Å². The molecule has 0 N–H and O–H groups in total. The third kappa shape index (κ3) is 1.55. The van der Waals surface area contributed by atoms with Crippen molar-refractivity contribution >= 4 is 11.8 Å². The number of rotatable bonds is 1. The molecule has 1 aromatic rings. The van der Waals surface area contributed by atoms with Crippen LogP contribution in [0.2, 0.25) is 0 Å². The molecular weight excluding hydrogens is 194 g/mol. The minimum absolute atomic E-state index is 0.331. The van der Waals surface area contributed by atoms with E-state index in [0.29, 0.717) is 5.41 Å². The second-order valence-corrected chi connectivity index (χ2v) is 5.32. The summed E-state index contributed by atoms with van der Waals surface area (Å²) in [5.41, 5.74) is 4.10. The van der Waals surface area contributed by atoms with Gasteiger partial charge in [0.15, 0.2) is 0 Å². The van der Waals surface area contributed by atoms with Gasteiger partial charge in [-0.1, -0.05) is 44.4 Å². The normalized spacial score (nSPS) is 22.2. The molecule has 1 fully saturated rings. The Bertz CT molecular complexity index is 425. The van der Waals surface area contributed by atoms with E-state index in [1.165, 1.54) is 43.4 Å². The van der Waals surface area contributed by atoms with Crippen LogP contribution in [-0.2, 0) is 0 Å². The summed E-state index contributed by atoms with van der Waals surface area (Å²) in [6.07, 6.45) is 9.02. The Hall–Kier alpha value is -1.24. The van der Waals surface area contributed by atoms with Gasteiger partial charge in [0.05, 0.1) is 5.69 Å². The largest absolute Gasteiger partial charge is 0.252 e. The van der Waals surface area contributed by atoms with Gasteiger partial charge in [-0.05, 0) is 25.0 Å². The molecule has 0 aromatic heterocycles. The fourth-order valence-corrected chi connectivity index (χ4v) is 2.92. The molecule has 1 radical (unpaired) electrons. The average Bonchev–Trinajstić information content (AvgIpc) is 2.74. The number of allylic oxidation sites excluding steroid dienone is 1. The van der Waals surface area contributed by atoms with Crippen LogP contribution in [0.5, 0.6) is 0 Å². The summed E-state index contributed by atoms with van der Waals surface area (Å²) >= 11 is 0. The molecule has 1 aromatic carbocycles. The highest BCUT2D eigenvalue weighted by atomic mass is 14.9. The van der Waals surface area contributed by atoms with Gasteiger partial charge in [0.1, 0.15) is 0 Å². The predicted molar refractivity (Wildman–Crippen MR) is 67.4 cm³/mol. The summed E-state index contributed by atoms with van der Waals surface area (Å²) in [6.45, 7) is 2.38. The molecule has 1 saturated carbocycles. The molecule has 0 spiro atoms. The number of nitrogens with zero attached hydrogens (tertiary/aromatic N) is 1. The molecule has 16 heavy (non-hydrogen) atoms. The van der Waals surface area contributed by atoms with Crippen LogP contribution >= 0.6 is 0 Å². The molecule has 2 aliphatic rings. The van der Waals surface area contributed by atoms with Crippen LogP contribution in [0.1, 0.15) is 44.6 Å². The van der Waals surface area contributed by atoms with Crippen molar-refractivity contribution in [3.8, 4) is 0 Å². The van der Waals surface area contributed by atoms with Crippen molar-refractivity contribution < 1.29 is 0 Å². The standard InChI is InChI=1S/C15H18N/c1-15(9-5-2-6-10-15)14-11-12-7-3-4-8-13(12)16-14/h3-4,7-8,11H,2,5-6,9-10H2,1H3. The summed E-state index contributed by atoms with van der Waals surface area (Å²) in [4.78, 5) is 0. The van der Waals surface area contributed by atoms with Crippen LogP contribution in [0.15, 0.2) is 30.0 Å². The lowest BCUT2D eigenvalue weighted by Crippen LogP contribution is -2.25. The number of benzene rings is 1. The quantitative estimate of drug-likeness (QED) is 0.661. The van der Waals surface area contributed by atoms with Crippen LogP contribution in [0.3, 0.4) is 0 Å². The van der Waals surface area contributed by atoms with Gasteiger partial charge >= 0.3 is 0 Å². The fourth-order valence-electron chi connectivity index (χ4n) is 2.92. The molecule has 0 amide bonds. The van der Waals surface area contributed by atoms with E-state index in [4.69, 9.17) is 5.32 Å². The van der Waals surface area contributed by atoms with Crippen LogP contribution in [-0.4, -0.2) is 0 Å². The summed E-state index contributed by atoms with van der Waals surface area (Å²) < 4.78 is 0. The van der Waals surface area contributed by atoms with Crippen molar-refractivity contribution in [1.29, 1.82) is 0 Å². The number of hydrogen-bond acceptors (Lipinski definition) is 0. The average molecular weight is 212 g/mol. The lowest BCUT2D eigenvalue weighted by Gasteiger charge is -2.34. The summed E-state index contributed by atoms with van der Waals surface area (Å²) in [5, 5.41) is 4.81. The van der Waals surface area contributed by atoms with E-state index in [1.807, 2.05) is 0 Å². The second-order valence-electron chi connectivity index (χ2n) is 5.32. The smallest absolute Gasteiger partial charge is 0.0706 e. The van der Waals surface area contributed by atoms with E-state index < -0.39 is 0 Å². The van der Waals surface area contributed by atoms with Gasteiger partial charge in [0.2, 0.25) is 0 Å². The highest BCUT2D eigenvalue weighted by Crippen LogP contribution is 2.45. The van der Waals surface area contributed by atoms with Gasteiger partial charge in [-0.3, -0.25) is 5.32 Å². The van der Waals surface area contributed by atoms with Crippen LogP contribution in [0.25, 0.3) is 6.08 Å². The minimum Gasteiger partial charge on any atom is -0.252 e. The van der Waals surface area contributed by atoms with Gasteiger partial charge in [-0.15, -0.1) is 0 Å². The van der Waals surface area contributed by atoms with E-state index >= 15 is 0 Å². The lowest BCUT2D eigenvalue weighted by molar-refractivity contribution is 0.260. The zero-order chi connectivity index (χ0) is 11.0. The molecule has 3 rings (SSSR count). The highest BCUT2D eigenvalue weighted by Gasteiger charge is 2.34. The SMILES string of the molecule is CC1(C2=Cc3ccccc3[N]2)CCCCC1. The fraction of sp³-hybridized carbons (Fsp3) is 0.467. The van der Waals surface area contributed by atoms with Crippen LogP contribution in [0.4, 0.5) is 5.69 Å². The Kier molecular flexibility index (Phi) is 2.27. The third-order valence-corrected chi connectivity index (χ3v) is 4.05.